The molecule has 0 aromatic carbocycles. The highest BCUT2D eigenvalue weighted by atomic mass is 16.2. The van der Waals surface area contributed by atoms with E-state index in [0.29, 0.717) is 12.5 Å². The average Bonchev–Trinajstić information content (AvgIpc) is 2.27. The first kappa shape index (κ1) is 12.0. The number of urea groups is 1. The van der Waals surface area contributed by atoms with Crippen LogP contribution in [0.5, 0.6) is 0 Å². The minimum atomic E-state index is -0.308. The van der Waals surface area contributed by atoms with E-state index < -0.39 is 0 Å². The summed E-state index contributed by atoms with van der Waals surface area (Å²) in [5.74, 6) is 0.332. The minimum Gasteiger partial charge on any atom is -0.338 e. The molecule has 0 spiro atoms. The van der Waals surface area contributed by atoms with E-state index in [9.17, 15) is 9.59 Å². The van der Waals surface area contributed by atoms with Gasteiger partial charge < -0.3 is 15.4 Å². The molecule has 1 aliphatic carbocycles. The third-order valence-corrected chi connectivity index (χ3v) is 2.94. The highest BCUT2D eigenvalue weighted by molar-refractivity contribution is 5.78. The van der Waals surface area contributed by atoms with E-state index in [4.69, 9.17) is 0 Å². The van der Waals surface area contributed by atoms with Crippen LogP contribution in [0.2, 0.25) is 0 Å². The number of aldehydes is 1. The van der Waals surface area contributed by atoms with Crippen molar-refractivity contribution in [2.75, 3.05) is 6.54 Å². The molecule has 0 aliphatic heterocycles. The lowest BCUT2D eigenvalue weighted by Gasteiger charge is -2.27. The minimum absolute atomic E-state index is 0.236. The van der Waals surface area contributed by atoms with Crippen molar-refractivity contribution in [1.29, 1.82) is 0 Å². The Morgan fingerprint density at radius 1 is 1.40 bits per heavy atom. The van der Waals surface area contributed by atoms with E-state index in [-0.39, 0.29) is 12.1 Å². The van der Waals surface area contributed by atoms with Crippen molar-refractivity contribution < 1.29 is 9.59 Å². The summed E-state index contributed by atoms with van der Waals surface area (Å²) in [5, 5.41) is 5.36. The first-order valence-electron chi connectivity index (χ1n) is 5.77. The van der Waals surface area contributed by atoms with E-state index >= 15 is 0 Å². The van der Waals surface area contributed by atoms with Crippen LogP contribution in [0.1, 0.15) is 39.0 Å². The molecule has 1 unspecified atom stereocenters. The lowest BCUT2D eigenvalue weighted by molar-refractivity contribution is -0.110. The Balaban J connectivity index is 2.39. The van der Waals surface area contributed by atoms with Crippen LogP contribution in [-0.2, 0) is 4.79 Å². The Bertz CT molecular complexity index is 213. The smallest absolute Gasteiger partial charge is 0.315 e. The molecular weight excluding hydrogens is 192 g/mol. The fourth-order valence-corrected chi connectivity index (χ4v) is 2.12. The van der Waals surface area contributed by atoms with E-state index in [2.05, 4.69) is 10.6 Å². The molecule has 1 fully saturated rings. The normalized spacial score (nSPS) is 19.3. The standard InChI is InChI=1S/C11H20N2O2/c1-2-12-11(15)13-10(8-14)9-6-4-3-5-7-9/h8-10H,2-7H2,1H3,(H2,12,13,15). The molecule has 2 amide bonds. The summed E-state index contributed by atoms with van der Waals surface area (Å²) in [4.78, 5) is 22.2. The van der Waals surface area contributed by atoms with Gasteiger partial charge in [0.25, 0.3) is 0 Å². The largest absolute Gasteiger partial charge is 0.338 e. The van der Waals surface area contributed by atoms with Crippen LogP contribution in [0, 0.1) is 5.92 Å². The third kappa shape index (κ3) is 3.90. The predicted octanol–water partition coefficient (Wildman–Crippen LogP) is 1.45. The lowest BCUT2D eigenvalue weighted by Crippen LogP contribution is -2.46. The van der Waals surface area contributed by atoms with E-state index in [1.54, 1.807) is 0 Å². The molecule has 1 aliphatic rings. The van der Waals surface area contributed by atoms with Crippen molar-refractivity contribution in [3.05, 3.63) is 0 Å². The Hall–Kier alpha value is -1.06. The Labute approximate surface area is 90.8 Å². The van der Waals surface area contributed by atoms with E-state index in [1.807, 2.05) is 6.92 Å². The molecule has 4 nitrogen and oxygen atoms in total. The first-order valence-corrected chi connectivity index (χ1v) is 5.77. The number of rotatable bonds is 4. The van der Waals surface area contributed by atoms with Crippen LogP contribution in [0.25, 0.3) is 0 Å². The molecular formula is C11H20N2O2. The SMILES string of the molecule is CCNC(=O)NC(C=O)C1CCCCC1. The Morgan fingerprint density at radius 2 is 2.07 bits per heavy atom. The maximum atomic E-state index is 11.3. The average molecular weight is 212 g/mol. The lowest BCUT2D eigenvalue weighted by atomic mass is 9.84. The molecule has 0 heterocycles. The molecule has 2 N–H and O–H groups in total. The maximum absolute atomic E-state index is 11.3. The molecule has 86 valence electrons. The molecule has 0 radical (unpaired) electrons. The zero-order chi connectivity index (χ0) is 11.1. The number of amides is 2. The van der Waals surface area contributed by atoms with Crippen LogP contribution in [-0.4, -0.2) is 24.9 Å². The van der Waals surface area contributed by atoms with Gasteiger partial charge in [-0.2, -0.15) is 0 Å². The molecule has 15 heavy (non-hydrogen) atoms. The third-order valence-electron chi connectivity index (χ3n) is 2.94. The van der Waals surface area contributed by atoms with Crippen LogP contribution in [0.15, 0.2) is 0 Å². The summed E-state index contributed by atoms with van der Waals surface area (Å²) in [7, 11) is 0. The number of carbonyl (C=O) groups excluding carboxylic acids is 2. The van der Waals surface area contributed by atoms with Crippen LogP contribution in [0.4, 0.5) is 4.79 Å². The molecule has 0 saturated heterocycles. The van der Waals surface area contributed by atoms with Crippen molar-refractivity contribution in [1.82, 2.24) is 10.6 Å². The number of hydrogen-bond donors (Lipinski definition) is 2. The van der Waals surface area contributed by atoms with Gasteiger partial charge in [0.05, 0.1) is 6.04 Å². The van der Waals surface area contributed by atoms with Crippen molar-refractivity contribution in [3.8, 4) is 0 Å². The van der Waals surface area contributed by atoms with Gasteiger partial charge in [0.2, 0.25) is 0 Å². The van der Waals surface area contributed by atoms with Gasteiger partial charge in [0, 0.05) is 6.54 Å². The quantitative estimate of drug-likeness (QED) is 0.693. The number of hydrogen-bond acceptors (Lipinski definition) is 2. The first-order chi connectivity index (χ1) is 7.27. The Kier molecular flexibility index (Phi) is 5.15. The predicted molar refractivity (Wildman–Crippen MR) is 58.6 cm³/mol. The summed E-state index contributed by atoms with van der Waals surface area (Å²) in [5.41, 5.74) is 0. The molecule has 0 aromatic rings. The molecule has 1 saturated carbocycles. The van der Waals surface area contributed by atoms with Crippen molar-refractivity contribution >= 4 is 12.3 Å². The van der Waals surface area contributed by atoms with Crippen molar-refractivity contribution in [3.63, 3.8) is 0 Å². The topological polar surface area (TPSA) is 58.2 Å². The highest BCUT2D eigenvalue weighted by Gasteiger charge is 2.24. The second kappa shape index (κ2) is 6.43. The van der Waals surface area contributed by atoms with Crippen molar-refractivity contribution in [2.24, 2.45) is 5.92 Å². The van der Waals surface area contributed by atoms with Gasteiger partial charge >= 0.3 is 6.03 Å². The van der Waals surface area contributed by atoms with Gasteiger partial charge in [-0.25, -0.2) is 4.79 Å². The zero-order valence-corrected chi connectivity index (χ0v) is 9.29. The van der Waals surface area contributed by atoms with Gasteiger partial charge in [-0.05, 0) is 25.7 Å². The number of nitrogens with one attached hydrogen (secondary N) is 2. The summed E-state index contributed by atoms with van der Waals surface area (Å²) in [6, 6.07) is -0.544. The van der Waals surface area contributed by atoms with E-state index in [0.717, 1.165) is 19.1 Å². The second-order valence-corrected chi connectivity index (χ2v) is 4.06. The van der Waals surface area contributed by atoms with Gasteiger partial charge in [0.1, 0.15) is 6.29 Å². The second-order valence-electron chi connectivity index (χ2n) is 4.06. The fourth-order valence-electron chi connectivity index (χ4n) is 2.12. The molecule has 1 atom stereocenters. The Morgan fingerprint density at radius 3 is 2.60 bits per heavy atom. The summed E-state index contributed by atoms with van der Waals surface area (Å²) in [6.45, 7) is 2.44. The van der Waals surface area contributed by atoms with Crippen LogP contribution >= 0.6 is 0 Å². The summed E-state index contributed by atoms with van der Waals surface area (Å²) < 4.78 is 0. The highest BCUT2D eigenvalue weighted by Crippen LogP contribution is 2.25. The van der Waals surface area contributed by atoms with Crippen LogP contribution < -0.4 is 10.6 Å². The molecule has 1 rings (SSSR count). The molecule has 0 aromatic heterocycles. The van der Waals surface area contributed by atoms with Gasteiger partial charge in [0.15, 0.2) is 0 Å². The van der Waals surface area contributed by atoms with Crippen molar-refractivity contribution in [2.45, 2.75) is 45.1 Å². The van der Waals surface area contributed by atoms with E-state index in [1.165, 1.54) is 19.3 Å². The van der Waals surface area contributed by atoms with Gasteiger partial charge in [-0.15, -0.1) is 0 Å². The monoisotopic (exact) mass is 212 g/mol. The summed E-state index contributed by atoms with van der Waals surface area (Å²) in [6.07, 6.45) is 6.57. The molecule has 4 heteroatoms. The maximum Gasteiger partial charge on any atom is 0.315 e. The van der Waals surface area contributed by atoms with Crippen LogP contribution in [0.3, 0.4) is 0 Å². The molecule has 0 bridgehead atoms. The van der Waals surface area contributed by atoms with Gasteiger partial charge in [-0.1, -0.05) is 19.3 Å². The zero-order valence-electron chi connectivity index (χ0n) is 9.29. The fraction of sp³-hybridized carbons (Fsp3) is 0.818. The number of carbonyl (C=O) groups is 2. The summed E-state index contributed by atoms with van der Waals surface area (Å²) >= 11 is 0. The van der Waals surface area contributed by atoms with Gasteiger partial charge in [-0.3, -0.25) is 0 Å².